The molecule has 0 amide bonds. The molecule has 0 radical (unpaired) electrons. The van der Waals surface area contributed by atoms with Gasteiger partial charge in [-0.05, 0) is 6.92 Å². The van der Waals surface area contributed by atoms with Crippen molar-refractivity contribution in [2.45, 2.75) is 26.9 Å². The highest BCUT2D eigenvalue weighted by molar-refractivity contribution is 7.17. The molecule has 0 N–H and O–H groups in total. The molecule has 60 valence electrons. The van der Waals surface area contributed by atoms with Gasteiger partial charge < -0.3 is 4.52 Å². The van der Waals surface area contributed by atoms with Gasteiger partial charge in [0.15, 0.2) is 14.5 Å². The second-order valence-corrected chi connectivity index (χ2v) is 2.90. The van der Waals surface area contributed by atoms with E-state index in [2.05, 4.69) is 4.52 Å². The summed E-state index contributed by atoms with van der Waals surface area (Å²) < 4.78 is 14.6. The average molecular weight is 164 g/mol. The predicted octanol–water partition coefficient (Wildman–Crippen LogP) is 1.29. The minimum absolute atomic E-state index is 0.00310. The molecule has 0 saturated heterocycles. The number of carbonyl (C=O) groups is 1. The summed E-state index contributed by atoms with van der Waals surface area (Å²) in [4.78, 5) is 11.0. The number of hydrogen-bond donors (Lipinski definition) is 0. The van der Waals surface area contributed by atoms with Gasteiger partial charge in [-0.1, -0.05) is 13.8 Å². The molecule has 0 aromatic heterocycles. The van der Waals surface area contributed by atoms with E-state index < -0.39 is 14.8 Å². The van der Waals surface area contributed by atoms with Gasteiger partial charge in [-0.3, -0.25) is 9.36 Å². The van der Waals surface area contributed by atoms with E-state index >= 15 is 0 Å². The molecule has 0 fully saturated rings. The minimum atomic E-state index is -1.26. The Morgan fingerprint density at radius 1 is 1.40 bits per heavy atom. The van der Waals surface area contributed by atoms with Crippen LogP contribution in [0.25, 0.3) is 0 Å². The van der Waals surface area contributed by atoms with Gasteiger partial charge in [0.2, 0.25) is 0 Å². The van der Waals surface area contributed by atoms with E-state index in [-0.39, 0.29) is 11.7 Å². The molecule has 0 saturated carbocycles. The van der Waals surface area contributed by atoms with Crippen LogP contribution < -0.4 is 0 Å². The van der Waals surface area contributed by atoms with E-state index in [0.29, 0.717) is 0 Å². The zero-order chi connectivity index (χ0) is 8.15. The van der Waals surface area contributed by atoms with Crippen LogP contribution in [0.15, 0.2) is 0 Å². The minimum Gasteiger partial charge on any atom is -0.321 e. The summed E-state index contributed by atoms with van der Waals surface area (Å²) in [6.07, 6.45) is -0.507. The normalized spacial score (nSPS) is 14.8. The number of hydrogen-bond acceptors (Lipinski definition) is 3. The van der Waals surface area contributed by atoms with Gasteiger partial charge >= 0.3 is 0 Å². The number of rotatable bonds is 4. The van der Waals surface area contributed by atoms with Crippen molar-refractivity contribution in [3.63, 3.8) is 0 Å². The molecule has 0 aromatic rings. The van der Waals surface area contributed by atoms with Crippen LogP contribution >= 0.6 is 8.69 Å². The van der Waals surface area contributed by atoms with Crippen LogP contribution in [-0.2, 0) is 13.9 Å². The first-order valence-electron chi connectivity index (χ1n) is 3.22. The van der Waals surface area contributed by atoms with Gasteiger partial charge in [0.1, 0.15) is 6.10 Å². The Morgan fingerprint density at radius 3 is 2.20 bits per heavy atom. The van der Waals surface area contributed by atoms with E-state index in [1.165, 1.54) is 0 Å². The molecular formula is C6H13O3P. The number of Topliss-reactive ketones (excluding diaryl/α,β-unsaturated/α-hetero) is 1. The van der Waals surface area contributed by atoms with Crippen molar-refractivity contribution in [1.82, 2.24) is 0 Å². The van der Waals surface area contributed by atoms with Crippen molar-refractivity contribution in [3.05, 3.63) is 0 Å². The Morgan fingerprint density at radius 2 is 1.90 bits per heavy atom. The molecule has 0 aliphatic rings. The second kappa shape index (κ2) is 4.64. The fourth-order valence-electron chi connectivity index (χ4n) is 0.620. The molecule has 10 heavy (non-hydrogen) atoms. The quantitative estimate of drug-likeness (QED) is 0.588. The van der Waals surface area contributed by atoms with E-state index in [4.69, 9.17) is 0 Å². The fourth-order valence-corrected chi connectivity index (χ4v) is 0.921. The van der Waals surface area contributed by atoms with Crippen molar-refractivity contribution < 1.29 is 13.9 Å². The summed E-state index contributed by atoms with van der Waals surface area (Å²) in [5.41, 5.74) is 0. The number of ketones is 1. The molecule has 0 aromatic carbocycles. The molecule has 0 aliphatic carbocycles. The SMILES string of the molecule is CC(C)C(=O)C(C)O[PH2]=O. The highest BCUT2D eigenvalue weighted by Gasteiger charge is 2.15. The first-order valence-corrected chi connectivity index (χ1v) is 4.16. The summed E-state index contributed by atoms with van der Waals surface area (Å²) in [6.45, 7) is 5.21. The van der Waals surface area contributed by atoms with Crippen molar-refractivity contribution in [3.8, 4) is 0 Å². The van der Waals surface area contributed by atoms with Gasteiger partial charge in [-0.15, -0.1) is 0 Å². The third-order valence-electron chi connectivity index (χ3n) is 1.23. The molecule has 0 spiro atoms. The highest BCUT2D eigenvalue weighted by Crippen LogP contribution is 2.08. The monoisotopic (exact) mass is 164 g/mol. The van der Waals surface area contributed by atoms with Crippen LogP contribution in [0.4, 0.5) is 0 Å². The Kier molecular flexibility index (Phi) is 4.58. The molecule has 3 nitrogen and oxygen atoms in total. The van der Waals surface area contributed by atoms with Crippen LogP contribution in [0.1, 0.15) is 20.8 Å². The second-order valence-electron chi connectivity index (χ2n) is 2.43. The van der Waals surface area contributed by atoms with Crippen LogP contribution in [0, 0.1) is 5.92 Å². The summed E-state index contributed by atoms with van der Waals surface area (Å²) in [5.74, 6) is -0.0377. The summed E-state index contributed by atoms with van der Waals surface area (Å²) in [6, 6.07) is 0. The molecule has 2 atom stereocenters. The van der Waals surface area contributed by atoms with Gasteiger partial charge in [0, 0.05) is 5.92 Å². The van der Waals surface area contributed by atoms with Crippen molar-refractivity contribution >= 4 is 14.5 Å². The van der Waals surface area contributed by atoms with E-state index in [0.717, 1.165) is 0 Å². The van der Waals surface area contributed by atoms with E-state index in [9.17, 15) is 9.36 Å². The predicted molar refractivity (Wildman–Crippen MR) is 40.8 cm³/mol. The molecule has 4 heteroatoms. The maximum absolute atomic E-state index is 11.0. The highest BCUT2D eigenvalue weighted by atomic mass is 31.1. The Labute approximate surface area is 62.0 Å². The Bertz CT molecular complexity index is 133. The summed E-state index contributed by atoms with van der Waals surface area (Å²) in [7, 11) is -1.26. The largest absolute Gasteiger partial charge is 0.321 e. The third kappa shape index (κ3) is 3.14. The standard InChI is InChI=1S/C6H13O3P/c1-4(2)6(7)5(3)9-10-8/h4-5H,10H2,1-3H3. The van der Waals surface area contributed by atoms with Crippen LogP contribution in [0.3, 0.4) is 0 Å². The molecule has 0 aliphatic heterocycles. The molecular weight excluding hydrogens is 151 g/mol. The zero-order valence-corrected chi connectivity index (χ0v) is 7.61. The van der Waals surface area contributed by atoms with Gasteiger partial charge in [0.05, 0.1) is 0 Å². The maximum Gasteiger partial charge on any atom is 0.180 e. The van der Waals surface area contributed by atoms with Gasteiger partial charge in [-0.2, -0.15) is 0 Å². The van der Waals surface area contributed by atoms with E-state index in [1.807, 2.05) is 0 Å². The topological polar surface area (TPSA) is 43.4 Å². The fraction of sp³-hybridized carbons (Fsp3) is 0.833. The van der Waals surface area contributed by atoms with Crippen molar-refractivity contribution in [2.24, 2.45) is 5.92 Å². The lowest BCUT2D eigenvalue weighted by Crippen LogP contribution is -2.22. The van der Waals surface area contributed by atoms with Crippen LogP contribution in [0.2, 0.25) is 0 Å². The van der Waals surface area contributed by atoms with Crippen molar-refractivity contribution in [1.29, 1.82) is 0 Å². The van der Waals surface area contributed by atoms with E-state index in [1.54, 1.807) is 20.8 Å². The summed E-state index contributed by atoms with van der Waals surface area (Å²) >= 11 is 0. The Hall–Kier alpha value is -0.140. The first-order chi connectivity index (χ1) is 4.59. The molecule has 0 bridgehead atoms. The smallest absolute Gasteiger partial charge is 0.180 e. The molecule has 0 rings (SSSR count). The zero-order valence-electron chi connectivity index (χ0n) is 6.46. The van der Waals surface area contributed by atoms with Gasteiger partial charge in [0.25, 0.3) is 0 Å². The third-order valence-corrected chi connectivity index (χ3v) is 1.75. The first kappa shape index (κ1) is 9.86. The summed E-state index contributed by atoms with van der Waals surface area (Å²) in [5, 5.41) is 0. The Balaban J connectivity index is 3.81. The molecule has 0 heterocycles. The van der Waals surface area contributed by atoms with Crippen LogP contribution in [-0.4, -0.2) is 11.9 Å². The lowest BCUT2D eigenvalue weighted by molar-refractivity contribution is -0.127. The lowest BCUT2D eigenvalue weighted by atomic mass is 10.1. The maximum atomic E-state index is 11.0. The molecule has 2 unspecified atom stereocenters. The average Bonchev–Trinajstić information content (AvgIpc) is 1.87. The lowest BCUT2D eigenvalue weighted by Gasteiger charge is -2.09. The van der Waals surface area contributed by atoms with Crippen molar-refractivity contribution in [2.75, 3.05) is 0 Å². The number of carbonyl (C=O) groups excluding carboxylic acids is 1. The van der Waals surface area contributed by atoms with Gasteiger partial charge in [-0.25, -0.2) is 0 Å². The van der Waals surface area contributed by atoms with Crippen LogP contribution in [0.5, 0.6) is 0 Å².